The summed E-state index contributed by atoms with van der Waals surface area (Å²) >= 11 is 3.51. The Morgan fingerprint density at radius 1 is 1.44 bits per heavy atom. The second-order valence-corrected chi connectivity index (χ2v) is 5.42. The number of rotatable bonds is 4. The summed E-state index contributed by atoms with van der Waals surface area (Å²) in [6.07, 6.45) is -0.0241. The van der Waals surface area contributed by atoms with Gasteiger partial charge in [-0.1, -0.05) is 13.8 Å². The molecular weight excluding hydrogens is 304 g/mol. The van der Waals surface area contributed by atoms with Gasteiger partial charge >= 0.3 is 0 Å². The third kappa shape index (κ3) is 2.27. The highest BCUT2D eigenvalue weighted by atomic mass is 79.9. The Morgan fingerprint density at radius 3 is 2.67 bits per heavy atom. The molecule has 0 bridgehead atoms. The molecule has 1 aromatic rings. The summed E-state index contributed by atoms with van der Waals surface area (Å²) in [6.45, 7) is 4.76. The number of hydrogen-bond donors (Lipinski definition) is 1. The van der Waals surface area contributed by atoms with E-state index in [2.05, 4.69) is 40.2 Å². The van der Waals surface area contributed by atoms with Gasteiger partial charge in [0.25, 0.3) is 6.43 Å². The molecule has 1 aliphatic rings. The quantitative estimate of drug-likeness (QED) is 0.901. The van der Waals surface area contributed by atoms with Crippen LogP contribution in [0.1, 0.15) is 50.8 Å². The number of alkyl halides is 2. The van der Waals surface area contributed by atoms with E-state index in [1.807, 2.05) is 0 Å². The Balaban J connectivity index is 2.42. The third-order valence-corrected chi connectivity index (χ3v) is 4.37. The summed E-state index contributed by atoms with van der Waals surface area (Å²) in [4.78, 5) is 0. The summed E-state index contributed by atoms with van der Waals surface area (Å²) in [5.74, 6) is 1.02. The van der Waals surface area contributed by atoms with Crippen LogP contribution in [0.25, 0.3) is 0 Å². The standard InChI is InChI=1S/C12H18BrF2N3/c1-3-7(4-2)10-9(13)12-16-6-5-8(11(14)15)18(12)17-10/h7-8,11,16H,3-6H2,1-2H3. The Hall–Kier alpha value is -0.650. The fourth-order valence-electron chi connectivity index (χ4n) is 2.46. The lowest BCUT2D eigenvalue weighted by atomic mass is 10.00. The molecular formula is C12H18BrF2N3. The van der Waals surface area contributed by atoms with Crippen LogP contribution in [-0.2, 0) is 0 Å². The molecule has 6 heteroatoms. The van der Waals surface area contributed by atoms with E-state index in [4.69, 9.17) is 0 Å². The average molecular weight is 322 g/mol. The maximum atomic E-state index is 13.0. The number of fused-ring (bicyclic) bond motifs is 1. The number of nitrogens with zero attached hydrogens (tertiary/aromatic N) is 2. The van der Waals surface area contributed by atoms with Crippen LogP contribution in [0.4, 0.5) is 14.6 Å². The van der Waals surface area contributed by atoms with Crippen molar-refractivity contribution in [2.24, 2.45) is 0 Å². The minimum atomic E-state index is -2.37. The van der Waals surface area contributed by atoms with Gasteiger partial charge in [-0.3, -0.25) is 0 Å². The molecule has 1 unspecified atom stereocenters. The number of aromatic nitrogens is 2. The van der Waals surface area contributed by atoms with Crippen LogP contribution in [0.3, 0.4) is 0 Å². The van der Waals surface area contributed by atoms with Crippen LogP contribution in [0.2, 0.25) is 0 Å². The predicted molar refractivity (Wildman–Crippen MR) is 71.4 cm³/mol. The van der Waals surface area contributed by atoms with Gasteiger partial charge in [0.15, 0.2) is 0 Å². The van der Waals surface area contributed by atoms with Gasteiger partial charge in [-0.2, -0.15) is 5.10 Å². The Morgan fingerprint density at radius 2 is 2.11 bits per heavy atom. The van der Waals surface area contributed by atoms with Crippen molar-refractivity contribution in [1.29, 1.82) is 0 Å². The smallest absolute Gasteiger partial charge is 0.260 e. The van der Waals surface area contributed by atoms with Crippen LogP contribution in [0.5, 0.6) is 0 Å². The van der Waals surface area contributed by atoms with Crippen molar-refractivity contribution in [3.8, 4) is 0 Å². The minimum Gasteiger partial charge on any atom is -0.369 e. The maximum Gasteiger partial charge on any atom is 0.260 e. The molecule has 1 aliphatic heterocycles. The molecule has 0 saturated heterocycles. The van der Waals surface area contributed by atoms with Gasteiger partial charge < -0.3 is 5.32 Å². The Bertz CT molecular complexity index is 416. The van der Waals surface area contributed by atoms with E-state index >= 15 is 0 Å². The maximum absolute atomic E-state index is 13.0. The highest BCUT2D eigenvalue weighted by Crippen LogP contribution is 2.39. The van der Waals surface area contributed by atoms with Crippen LogP contribution in [0, 0.1) is 0 Å². The van der Waals surface area contributed by atoms with Gasteiger partial charge in [-0.15, -0.1) is 0 Å². The summed E-state index contributed by atoms with van der Waals surface area (Å²) < 4.78 is 28.3. The van der Waals surface area contributed by atoms with Gasteiger partial charge in [0.05, 0.1) is 10.2 Å². The molecule has 2 heterocycles. The van der Waals surface area contributed by atoms with Crippen molar-refractivity contribution < 1.29 is 8.78 Å². The molecule has 0 amide bonds. The van der Waals surface area contributed by atoms with E-state index in [0.29, 0.717) is 24.7 Å². The normalized spacial score (nSPS) is 19.2. The summed E-state index contributed by atoms with van der Waals surface area (Å²) in [7, 11) is 0. The largest absolute Gasteiger partial charge is 0.369 e. The summed E-state index contributed by atoms with van der Waals surface area (Å²) in [6, 6.07) is -0.805. The van der Waals surface area contributed by atoms with Gasteiger partial charge in [0, 0.05) is 12.5 Å². The molecule has 0 aromatic carbocycles. The van der Waals surface area contributed by atoms with E-state index in [-0.39, 0.29) is 0 Å². The molecule has 1 atom stereocenters. The zero-order chi connectivity index (χ0) is 13.3. The molecule has 0 fully saturated rings. The molecule has 1 aromatic heterocycles. The van der Waals surface area contributed by atoms with Crippen molar-refractivity contribution in [1.82, 2.24) is 9.78 Å². The first-order valence-electron chi connectivity index (χ1n) is 6.40. The molecule has 2 rings (SSSR count). The first kappa shape index (κ1) is 13.8. The van der Waals surface area contributed by atoms with Gasteiger partial charge in [0.1, 0.15) is 11.9 Å². The van der Waals surface area contributed by atoms with Gasteiger partial charge in [0.2, 0.25) is 0 Å². The van der Waals surface area contributed by atoms with E-state index < -0.39 is 12.5 Å². The second kappa shape index (κ2) is 5.55. The first-order chi connectivity index (χ1) is 8.60. The predicted octanol–water partition coefficient (Wildman–Crippen LogP) is 4.17. The van der Waals surface area contributed by atoms with E-state index in [9.17, 15) is 8.78 Å². The third-order valence-electron chi connectivity index (χ3n) is 3.59. The van der Waals surface area contributed by atoms with E-state index in [1.165, 1.54) is 4.68 Å². The van der Waals surface area contributed by atoms with Crippen molar-refractivity contribution in [2.75, 3.05) is 11.9 Å². The lowest BCUT2D eigenvalue weighted by Crippen LogP contribution is -2.28. The summed E-state index contributed by atoms with van der Waals surface area (Å²) in [5, 5.41) is 7.58. The highest BCUT2D eigenvalue weighted by Gasteiger charge is 2.32. The number of anilines is 1. The van der Waals surface area contributed by atoms with Gasteiger partial charge in [-0.25, -0.2) is 13.5 Å². The highest BCUT2D eigenvalue weighted by molar-refractivity contribution is 9.10. The minimum absolute atomic E-state index is 0.317. The van der Waals surface area contributed by atoms with Gasteiger partial charge in [-0.05, 0) is 35.2 Å². The Kier molecular flexibility index (Phi) is 4.25. The number of hydrogen-bond acceptors (Lipinski definition) is 2. The molecule has 0 spiro atoms. The molecule has 0 radical (unpaired) electrons. The lowest BCUT2D eigenvalue weighted by molar-refractivity contribution is 0.0712. The first-order valence-corrected chi connectivity index (χ1v) is 7.19. The van der Waals surface area contributed by atoms with Crippen molar-refractivity contribution >= 4 is 21.7 Å². The number of nitrogens with one attached hydrogen (secondary N) is 1. The molecule has 18 heavy (non-hydrogen) atoms. The van der Waals surface area contributed by atoms with Crippen molar-refractivity contribution in [3.63, 3.8) is 0 Å². The van der Waals surface area contributed by atoms with Crippen molar-refractivity contribution in [3.05, 3.63) is 10.2 Å². The van der Waals surface area contributed by atoms with E-state index in [0.717, 1.165) is 23.0 Å². The second-order valence-electron chi connectivity index (χ2n) is 4.62. The molecule has 1 N–H and O–H groups in total. The monoisotopic (exact) mass is 321 g/mol. The molecule has 102 valence electrons. The lowest BCUT2D eigenvalue weighted by Gasteiger charge is -2.24. The molecule has 3 nitrogen and oxygen atoms in total. The van der Waals surface area contributed by atoms with Crippen LogP contribution >= 0.6 is 15.9 Å². The van der Waals surface area contributed by atoms with E-state index in [1.54, 1.807) is 0 Å². The fourth-order valence-corrected chi connectivity index (χ4v) is 3.19. The van der Waals surface area contributed by atoms with Crippen LogP contribution in [0.15, 0.2) is 4.47 Å². The number of halogens is 3. The molecule has 0 saturated carbocycles. The zero-order valence-electron chi connectivity index (χ0n) is 10.6. The van der Waals surface area contributed by atoms with Crippen LogP contribution < -0.4 is 5.32 Å². The average Bonchev–Trinajstić information content (AvgIpc) is 2.69. The fraction of sp³-hybridized carbons (Fsp3) is 0.750. The van der Waals surface area contributed by atoms with Crippen molar-refractivity contribution in [2.45, 2.75) is 51.5 Å². The summed E-state index contributed by atoms with van der Waals surface area (Å²) in [5.41, 5.74) is 0.898. The zero-order valence-corrected chi connectivity index (χ0v) is 12.2. The molecule has 0 aliphatic carbocycles. The Labute approximate surface area is 114 Å². The SMILES string of the molecule is CCC(CC)c1nn2c(c1Br)NCCC2C(F)F. The van der Waals surface area contributed by atoms with Crippen LogP contribution in [-0.4, -0.2) is 22.8 Å². The topological polar surface area (TPSA) is 29.9 Å².